The second kappa shape index (κ2) is 4.40. The highest BCUT2D eigenvalue weighted by Crippen LogP contribution is 2.08. The third-order valence-electron chi connectivity index (χ3n) is 2.30. The molecular formula is C11H11N3OS. The van der Waals surface area contributed by atoms with E-state index in [-0.39, 0.29) is 5.78 Å². The lowest BCUT2D eigenvalue weighted by atomic mass is 10.3. The summed E-state index contributed by atoms with van der Waals surface area (Å²) in [4.78, 5) is 19.7. The molecule has 0 aliphatic rings. The first-order valence-electron chi connectivity index (χ1n) is 4.78. The minimum atomic E-state index is -0.0751. The average molecular weight is 233 g/mol. The highest BCUT2D eigenvalue weighted by Gasteiger charge is 2.04. The summed E-state index contributed by atoms with van der Waals surface area (Å²) in [6.07, 6.45) is 6.64. The van der Waals surface area contributed by atoms with E-state index >= 15 is 0 Å². The molecule has 0 aliphatic heterocycles. The molecule has 2 rings (SSSR count). The number of aryl methyl sites for hydroxylation is 1. The van der Waals surface area contributed by atoms with E-state index in [0.29, 0.717) is 5.01 Å². The van der Waals surface area contributed by atoms with E-state index in [9.17, 15) is 4.79 Å². The topological polar surface area (TPSA) is 47.8 Å². The molecule has 0 bridgehead atoms. The lowest BCUT2D eigenvalue weighted by molar-refractivity contribution is 0.104. The van der Waals surface area contributed by atoms with Crippen LogP contribution in [0.5, 0.6) is 0 Å². The van der Waals surface area contributed by atoms with E-state index < -0.39 is 0 Å². The largest absolute Gasteiger partial charge is 0.332 e. The zero-order chi connectivity index (χ0) is 11.5. The average Bonchev–Trinajstić information content (AvgIpc) is 2.89. The molecule has 0 aromatic carbocycles. The molecule has 2 aromatic heterocycles. The molecule has 5 heteroatoms. The van der Waals surface area contributed by atoms with Gasteiger partial charge in [-0.05, 0) is 19.1 Å². The van der Waals surface area contributed by atoms with Crippen molar-refractivity contribution < 1.29 is 4.79 Å². The molecule has 0 aliphatic carbocycles. The molecule has 0 fully saturated rings. The van der Waals surface area contributed by atoms with E-state index in [1.54, 1.807) is 23.8 Å². The van der Waals surface area contributed by atoms with Gasteiger partial charge in [0.2, 0.25) is 5.78 Å². The number of thiazole rings is 1. The molecule has 0 radical (unpaired) electrons. The third kappa shape index (κ3) is 2.09. The Morgan fingerprint density at radius 3 is 2.88 bits per heavy atom. The Morgan fingerprint density at radius 1 is 1.50 bits per heavy atom. The number of nitrogens with zero attached hydrogens (tertiary/aromatic N) is 3. The van der Waals surface area contributed by atoms with Crippen molar-refractivity contribution in [2.75, 3.05) is 0 Å². The van der Waals surface area contributed by atoms with E-state index in [0.717, 1.165) is 11.5 Å². The van der Waals surface area contributed by atoms with Crippen LogP contribution in [0.15, 0.2) is 23.8 Å². The Labute approximate surface area is 97.3 Å². The first kappa shape index (κ1) is 10.8. The number of allylic oxidation sites excluding steroid dienone is 1. The second-order valence-electron chi connectivity index (χ2n) is 3.32. The van der Waals surface area contributed by atoms with Crippen LogP contribution in [0.2, 0.25) is 0 Å². The molecule has 2 aromatic rings. The summed E-state index contributed by atoms with van der Waals surface area (Å²) in [5.74, 6) is 0.843. The van der Waals surface area contributed by atoms with Crippen molar-refractivity contribution in [2.45, 2.75) is 6.92 Å². The number of hydrogen-bond donors (Lipinski definition) is 0. The van der Waals surface area contributed by atoms with Crippen LogP contribution in [-0.4, -0.2) is 20.3 Å². The summed E-state index contributed by atoms with van der Waals surface area (Å²) in [6.45, 7) is 1.92. The van der Waals surface area contributed by atoms with Crippen molar-refractivity contribution in [3.05, 3.63) is 40.4 Å². The molecule has 0 spiro atoms. The number of carbonyl (C=O) groups is 1. The number of ketones is 1. The molecular weight excluding hydrogens is 222 g/mol. The summed E-state index contributed by atoms with van der Waals surface area (Å²) >= 11 is 1.34. The molecule has 2 heterocycles. The maximum Gasteiger partial charge on any atom is 0.214 e. The van der Waals surface area contributed by atoms with E-state index in [1.807, 2.05) is 18.5 Å². The molecule has 0 unspecified atom stereocenters. The van der Waals surface area contributed by atoms with Gasteiger partial charge in [-0.25, -0.2) is 9.97 Å². The number of hydrogen-bond acceptors (Lipinski definition) is 4. The molecule has 0 saturated carbocycles. The first-order chi connectivity index (χ1) is 7.68. The molecule has 82 valence electrons. The minimum absolute atomic E-state index is 0.0751. The molecule has 4 nitrogen and oxygen atoms in total. The van der Waals surface area contributed by atoms with Gasteiger partial charge in [0.15, 0.2) is 5.01 Å². The van der Waals surface area contributed by atoms with Crippen LogP contribution in [-0.2, 0) is 7.05 Å². The monoisotopic (exact) mass is 233 g/mol. The van der Waals surface area contributed by atoms with Gasteiger partial charge in [-0.3, -0.25) is 4.79 Å². The van der Waals surface area contributed by atoms with Crippen molar-refractivity contribution in [1.29, 1.82) is 0 Å². The van der Waals surface area contributed by atoms with Gasteiger partial charge in [0.05, 0.1) is 11.9 Å². The molecule has 0 saturated heterocycles. The summed E-state index contributed by atoms with van der Waals surface area (Å²) in [5.41, 5.74) is 0.905. The number of rotatable bonds is 3. The van der Waals surface area contributed by atoms with Crippen molar-refractivity contribution in [2.24, 2.45) is 7.05 Å². The fourth-order valence-electron chi connectivity index (χ4n) is 1.25. The zero-order valence-electron chi connectivity index (χ0n) is 9.04. The number of carbonyl (C=O) groups excluding carboxylic acids is 1. The van der Waals surface area contributed by atoms with Gasteiger partial charge >= 0.3 is 0 Å². The Balaban J connectivity index is 2.16. The molecule has 16 heavy (non-hydrogen) atoms. The second-order valence-corrected chi connectivity index (χ2v) is 4.22. The normalized spacial score (nSPS) is 11.1. The fourth-order valence-corrected chi connectivity index (χ4v) is 1.81. The third-order valence-corrected chi connectivity index (χ3v) is 3.09. The van der Waals surface area contributed by atoms with Gasteiger partial charge in [-0.1, -0.05) is 0 Å². The Bertz CT molecular complexity index is 525. The van der Waals surface area contributed by atoms with E-state index in [4.69, 9.17) is 0 Å². The minimum Gasteiger partial charge on any atom is -0.332 e. The maximum absolute atomic E-state index is 11.6. The van der Waals surface area contributed by atoms with E-state index in [2.05, 4.69) is 9.97 Å². The van der Waals surface area contributed by atoms with Gasteiger partial charge in [0, 0.05) is 18.6 Å². The predicted octanol–water partition coefficient (Wildman–Crippen LogP) is 2.08. The smallest absolute Gasteiger partial charge is 0.214 e. The lowest BCUT2D eigenvalue weighted by Gasteiger charge is -1.96. The van der Waals surface area contributed by atoms with Crippen LogP contribution >= 0.6 is 11.3 Å². The highest BCUT2D eigenvalue weighted by molar-refractivity contribution is 7.11. The Hall–Kier alpha value is -1.75. The van der Waals surface area contributed by atoms with E-state index in [1.165, 1.54) is 17.4 Å². The van der Waals surface area contributed by atoms with Gasteiger partial charge in [-0.2, -0.15) is 0 Å². The van der Waals surface area contributed by atoms with Gasteiger partial charge in [0.25, 0.3) is 0 Å². The Kier molecular flexibility index (Phi) is 2.96. The van der Waals surface area contributed by atoms with Gasteiger partial charge < -0.3 is 4.57 Å². The lowest BCUT2D eigenvalue weighted by Crippen LogP contribution is -1.95. The summed E-state index contributed by atoms with van der Waals surface area (Å²) in [7, 11) is 1.91. The molecule has 0 atom stereocenters. The standard InChI is InChI=1S/C11H11N3OS/c1-8-13-7-9(14(8)2)3-4-10(15)11-12-5-6-16-11/h3-7H,1-2H3. The zero-order valence-corrected chi connectivity index (χ0v) is 9.86. The fraction of sp³-hybridized carbons (Fsp3) is 0.182. The van der Waals surface area contributed by atoms with Gasteiger partial charge in [0.1, 0.15) is 5.82 Å². The summed E-state index contributed by atoms with van der Waals surface area (Å²) in [6, 6.07) is 0. The van der Waals surface area contributed by atoms with Crippen LogP contribution in [0.4, 0.5) is 0 Å². The van der Waals surface area contributed by atoms with Crippen LogP contribution in [0, 0.1) is 6.92 Å². The first-order valence-corrected chi connectivity index (χ1v) is 5.66. The molecule has 0 amide bonds. The number of imidazole rings is 1. The van der Waals surface area contributed by atoms with Crippen LogP contribution < -0.4 is 0 Å². The predicted molar refractivity (Wildman–Crippen MR) is 63.4 cm³/mol. The van der Waals surface area contributed by atoms with Gasteiger partial charge in [-0.15, -0.1) is 11.3 Å². The summed E-state index contributed by atoms with van der Waals surface area (Å²) in [5, 5.41) is 2.30. The van der Waals surface area contributed by atoms with Crippen LogP contribution in [0.1, 0.15) is 21.3 Å². The van der Waals surface area contributed by atoms with Crippen molar-refractivity contribution in [3.8, 4) is 0 Å². The van der Waals surface area contributed by atoms with Crippen molar-refractivity contribution >= 4 is 23.2 Å². The SMILES string of the molecule is Cc1ncc(C=CC(=O)c2nccs2)n1C. The van der Waals surface area contributed by atoms with Crippen LogP contribution in [0.25, 0.3) is 6.08 Å². The number of aromatic nitrogens is 3. The van der Waals surface area contributed by atoms with Crippen LogP contribution in [0.3, 0.4) is 0 Å². The summed E-state index contributed by atoms with van der Waals surface area (Å²) < 4.78 is 1.92. The molecule has 0 N–H and O–H groups in total. The van der Waals surface area contributed by atoms with Crippen molar-refractivity contribution in [3.63, 3.8) is 0 Å². The van der Waals surface area contributed by atoms with Crippen molar-refractivity contribution in [1.82, 2.24) is 14.5 Å². The quantitative estimate of drug-likeness (QED) is 0.602. The Morgan fingerprint density at radius 2 is 2.31 bits per heavy atom. The highest BCUT2D eigenvalue weighted by atomic mass is 32.1. The maximum atomic E-state index is 11.6.